The normalized spacial score (nSPS) is 11.6. The van der Waals surface area contributed by atoms with E-state index in [1.54, 1.807) is 0 Å². The molecule has 1 heterocycles. The van der Waals surface area contributed by atoms with Gasteiger partial charge in [-0.1, -0.05) is 200 Å². The molecule has 0 amide bonds. The predicted octanol–water partition coefficient (Wildman–Crippen LogP) is 19.5. The molecule has 0 saturated heterocycles. The molecule has 0 saturated carbocycles. The molecule has 0 aliphatic carbocycles. The second-order valence-corrected chi connectivity index (χ2v) is 18.9. The number of para-hydroxylation sites is 2. The van der Waals surface area contributed by atoms with Crippen LogP contribution in [0.25, 0.3) is 115 Å². The van der Waals surface area contributed by atoms with Gasteiger partial charge in [0.1, 0.15) is 0 Å². The van der Waals surface area contributed by atoms with E-state index >= 15 is 0 Å². The van der Waals surface area contributed by atoms with Crippen molar-refractivity contribution in [2.45, 2.75) is 0 Å². The van der Waals surface area contributed by atoms with Gasteiger partial charge in [0.2, 0.25) is 0 Å². The molecule has 72 heavy (non-hydrogen) atoms. The summed E-state index contributed by atoms with van der Waals surface area (Å²) in [6.07, 6.45) is 0. The first-order valence-corrected chi connectivity index (χ1v) is 24.8. The van der Waals surface area contributed by atoms with Crippen LogP contribution in [0, 0.1) is 0 Å². The topological polar surface area (TPSA) is 8.17 Å². The van der Waals surface area contributed by atoms with Gasteiger partial charge in [0.25, 0.3) is 0 Å². The Labute approximate surface area is 418 Å². The summed E-state index contributed by atoms with van der Waals surface area (Å²) in [6, 6.07) is 102. The van der Waals surface area contributed by atoms with Gasteiger partial charge in [-0.15, -0.1) is 0 Å². The zero-order valence-electron chi connectivity index (χ0n) is 39.5. The molecule has 0 aliphatic heterocycles. The molecule has 0 atom stereocenters. The highest BCUT2D eigenvalue weighted by molar-refractivity contribution is 6.21. The molecule has 0 aliphatic rings. The van der Waals surface area contributed by atoms with Crippen molar-refractivity contribution in [3.63, 3.8) is 0 Å². The lowest BCUT2D eigenvalue weighted by atomic mass is 9.85. The summed E-state index contributed by atoms with van der Waals surface area (Å²) in [5.74, 6) is 0. The highest BCUT2D eigenvalue weighted by atomic mass is 15.1. The average molecular weight is 915 g/mol. The molecule has 2 nitrogen and oxygen atoms in total. The minimum absolute atomic E-state index is 1.08. The third-order valence-electron chi connectivity index (χ3n) is 14.7. The van der Waals surface area contributed by atoms with Crippen molar-refractivity contribution in [3.8, 4) is 50.2 Å². The van der Waals surface area contributed by atoms with E-state index in [1.807, 2.05) is 0 Å². The number of fused-ring (bicyclic) bond motifs is 7. The molecular weight excluding hydrogens is 869 g/mol. The molecule has 14 aromatic rings. The maximum absolute atomic E-state index is 2.41. The van der Waals surface area contributed by atoms with Crippen LogP contribution in [0.4, 0.5) is 17.1 Å². The summed E-state index contributed by atoms with van der Waals surface area (Å²) in [6.45, 7) is 0. The van der Waals surface area contributed by atoms with Crippen molar-refractivity contribution in [2.75, 3.05) is 4.90 Å². The second kappa shape index (κ2) is 17.2. The van der Waals surface area contributed by atoms with Crippen LogP contribution >= 0.6 is 0 Å². The van der Waals surface area contributed by atoms with Crippen molar-refractivity contribution in [1.29, 1.82) is 0 Å². The molecule has 14 rings (SSSR count). The second-order valence-electron chi connectivity index (χ2n) is 18.9. The summed E-state index contributed by atoms with van der Waals surface area (Å²) >= 11 is 0. The first-order valence-electron chi connectivity index (χ1n) is 24.8. The molecule has 336 valence electrons. The predicted molar refractivity (Wildman–Crippen MR) is 307 cm³/mol. The molecule has 0 unspecified atom stereocenters. The van der Waals surface area contributed by atoms with Crippen LogP contribution in [0.5, 0.6) is 0 Å². The Morgan fingerprint density at radius 1 is 0.222 bits per heavy atom. The number of anilines is 3. The Hall–Kier alpha value is -9.50. The van der Waals surface area contributed by atoms with E-state index in [2.05, 4.69) is 289 Å². The number of benzene rings is 13. The maximum Gasteiger partial charge on any atom is 0.0542 e. The van der Waals surface area contributed by atoms with Crippen molar-refractivity contribution >= 4 is 82.0 Å². The van der Waals surface area contributed by atoms with Crippen LogP contribution in [-0.4, -0.2) is 4.57 Å². The summed E-state index contributed by atoms with van der Waals surface area (Å²) < 4.78 is 2.38. The van der Waals surface area contributed by atoms with Gasteiger partial charge in [-0.2, -0.15) is 0 Å². The lowest BCUT2D eigenvalue weighted by molar-refractivity contribution is 1.18. The molecule has 0 fully saturated rings. The van der Waals surface area contributed by atoms with Crippen LogP contribution < -0.4 is 4.90 Å². The standard InChI is InChI=1S/C70H46N2/c1-2-21-57(22-3-1)72-67-28-13-12-23-61(67)66-46-60(41-42-68(66)72)71(58-37-33-49(34-38-58)54-31-29-47-15-4-6-17-51(47)43-54)59-39-35-50(36-40-59)69-62-24-8-10-26-64(62)70(65-27-11-9-25-63(65)69)56-20-14-19-53(45-56)55-32-30-48-16-5-7-18-52(48)44-55/h1-46H. The van der Waals surface area contributed by atoms with Crippen molar-refractivity contribution < 1.29 is 0 Å². The van der Waals surface area contributed by atoms with Crippen LogP contribution in [0.2, 0.25) is 0 Å². The van der Waals surface area contributed by atoms with E-state index in [0.717, 1.165) is 22.7 Å². The Morgan fingerprint density at radius 3 is 1.26 bits per heavy atom. The molecule has 0 radical (unpaired) electrons. The van der Waals surface area contributed by atoms with E-state index < -0.39 is 0 Å². The SMILES string of the molecule is c1ccc(-n2c3ccccc3c3cc(N(c4ccc(-c5ccc6ccccc6c5)cc4)c4ccc(-c5c6ccccc6c(-c6cccc(-c7ccc8ccccc8c7)c6)c6ccccc56)cc4)ccc32)cc1. The third kappa shape index (κ3) is 7.03. The van der Waals surface area contributed by atoms with E-state index in [-0.39, 0.29) is 0 Å². The van der Waals surface area contributed by atoms with E-state index in [1.165, 1.54) is 109 Å². The molecular formula is C70H46N2. The molecule has 0 N–H and O–H groups in total. The zero-order valence-corrected chi connectivity index (χ0v) is 39.5. The Balaban J connectivity index is 0.905. The fourth-order valence-corrected chi connectivity index (χ4v) is 11.3. The average Bonchev–Trinajstić information content (AvgIpc) is 3.78. The van der Waals surface area contributed by atoms with Gasteiger partial charge in [-0.25, -0.2) is 0 Å². The molecule has 0 bridgehead atoms. The van der Waals surface area contributed by atoms with Gasteiger partial charge in [0, 0.05) is 33.5 Å². The number of aromatic nitrogens is 1. The Bertz CT molecular complexity index is 4320. The summed E-state index contributed by atoms with van der Waals surface area (Å²) in [4.78, 5) is 2.41. The van der Waals surface area contributed by atoms with Gasteiger partial charge >= 0.3 is 0 Å². The highest BCUT2D eigenvalue weighted by Gasteiger charge is 2.21. The van der Waals surface area contributed by atoms with Gasteiger partial charge < -0.3 is 9.47 Å². The Morgan fingerprint density at radius 2 is 0.653 bits per heavy atom. The van der Waals surface area contributed by atoms with E-state index in [9.17, 15) is 0 Å². The first-order chi connectivity index (χ1) is 35.7. The molecule has 2 heteroatoms. The van der Waals surface area contributed by atoms with Crippen LogP contribution in [0.15, 0.2) is 279 Å². The monoisotopic (exact) mass is 914 g/mol. The largest absolute Gasteiger partial charge is 0.310 e. The van der Waals surface area contributed by atoms with E-state index in [4.69, 9.17) is 0 Å². The fraction of sp³-hybridized carbons (Fsp3) is 0. The van der Waals surface area contributed by atoms with Crippen LogP contribution in [-0.2, 0) is 0 Å². The van der Waals surface area contributed by atoms with Crippen molar-refractivity contribution in [2.24, 2.45) is 0 Å². The lowest BCUT2D eigenvalue weighted by Crippen LogP contribution is -2.10. The fourth-order valence-electron chi connectivity index (χ4n) is 11.3. The maximum atomic E-state index is 2.41. The molecule has 0 spiro atoms. The van der Waals surface area contributed by atoms with Gasteiger partial charge in [-0.3, -0.25) is 0 Å². The van der Waals surface area contributed by atoms with Gasteiger partial charge in [0.15, 0.2) is 0 Å². The summed E-state index contributed by atoms with van der Waals surface area (Å²) in [5, 5.41) is 12.4. The highest BCUT2D eigenvalue weighted by Crippen LogP contribution is 2.46. The van der Waals surface area contributed by atoms with Crippen molar-refractivity contribution in [3.05, 3.63) is 279 Å². The number of rotatable bonds is 8. The van der Waals surface area contributed by atoms with Crippen LogP contribution in [0.1, 0.15) is 0 Å². The minimum atomic E-state index is 1.08. The Kier molecular flexibility index (Phi) is 9.89. The first kappa shape index (κ1) is 41.5. The smallest absolute Gasteiger partial charge is 0.0542 e. The molecule has 13 aromatic carbocycles. The number of nitrogens with zero attached hydrogens (tertiary/aromatic N) is 2. The van der Waals surface area contributed by atoms with Crippen molar-refractivity contribution in [1.82, 2.24) is 4.57 Å². The van der Waals surface area contributed by atoms with Crippen LogP contribution in [0.3, 0.4) is 0 Å². The molecule has 1 aromatic heterocycles. The summed E-state index contributed by atoms with van der Waals surface area (Å²) in [7, 11) is 0. The summed E-state index contributed by atoms with van der Waals surface area (Å²) in [5.41, 5.74) is 16.5. The number of hydrogen-bond acceptors (Lipinski definition) is 1. The quantitative estimate of drug-likeness (QED) is 0.138. The van der Waals surface area contributed by atoms with Gasteiger partial charge in [0.05, 0.1) is 11.0 Å². The third-order valence-corrected chi connectivity index (χ3v) is 14.7. The minimum Gasteiger partial charge on any atom is -0.310 e. The lowest BCUT2D eigenvalue weighted by Gasteiger charge is -2.26. The van der Waals surface area contributed by atoms with Gasteiger partial charge in [-0.05, 0) is 166 Å². The van der Waals surface area contributed by atoms with E-state index in [0.29, 0.717) is 0 Å². The zero-order chi connectivity index (χ0) is 47.5. The number of hydrogen-bond donors (Lipinski definition) is 0.